The van der Waals surface area contributed by atoms with Crippen LogP contribution in [0.4, 0.5) is 5.95 Å². The highest BCUT2D eigenvalue weighted by Crippen LogP contribution is 2.28. The summed E-state index contributed by atoms with van der Waals surface area (Å²) >= 11 is 5.92. The number of rotatable bonds is 2. The molecule has 2 unspecified atom stereocenters. The molecule has 3 heterocycles. The topological polar surface area (TPSA) is 56.8 Å². The Hall–Kier alpha value is -1.59. The van der Waals surface area contributed by atoms with E-state index >= 15 is 0 Å². The van der Waals surface area contributed by atoms with E-state index in [9.17, 15) is 0 Å². The SMILES string of the molecule is Clc1ccc(-c2nc(N3CC4CCCNC4C3)n[nH]2)cc1. The van der Waals surface area contributed by atoms with Crippen LogP contribution in [0.5, 0.6) is 0 Å². The summed E-state index contributed by atoms with van der Waals surface area (Å²) in [7, 11) is 0. The van der Waals surface area contributed by atoms with Gasteiger partial charge in [0.15, 0.2) is 5.82 Å². The Morgan fingerprint density at radius 2 is 2.05 bits per heavy atom. The van der Waals surface area contributed by atoms with Crippen molar-refractivity contribution in [3.63, 3.8) is 0 Å². The smallest absolute Gasteiger partial charge is 0.245 e. The normalized spacial score (nSPS) is 25.1. The summed E-state index contributed by atoms with van der Waals surface area (Å²) in [4.78, 5) is 6.92. The Bertz CT molecular complexity index is 609. The number of fused-ring (bicyclic) bond motifs is 1. The Morgan fingerprint density at radius 3 is 2.86 bits per heavy atom. The van der Waals surface area contributed by atoms with E-state index in [0.29, 0.717) is 6.04 Å². The van der Waals surface area contributed by atoms with Gasteiger partial charge in [-0.05, 0) is 49.6 Å². The molecule has 2 N–H and O–H groups in total. The summed E-state index contributed by atoms with van der Waals surface area (Å²) in [5, 5.41) is 11.8. The summed E-state index contributed by atoms with van der Waals surface area (Å²) in [5.74, 6) is 2.33. The second kappa shape index (κ2) is 5.31. The van der Waals surface area contributed by atoms with Crippen LogP contribution in [-0.2, 0) is 0 Å². The number of hydrogen-bond acceptors (Lipinski definition) is 4. The third-order valence-corrected chi connectivity index (χ3v) is 4.73. The molecule has 2 aliphatic heterocycles. The lowest BCUT2D eigenvalue weighted by Gasteiger charge is -2.24. The molecule has 2 aromatic rings. The van der Waals surface area contributed by atoms with Crippen molar-refractivity contribution >= 4 is 17.5 Å². The van der Waals surface area contributed by atoms with Crippen LogP contribution >= 0.6 is 11.6 Å². The molecule has 1 aromatic heterocycles. The summed E-state index contributed by atoms with van der Waals surface area (Å²) < 4.78 is 0. The first-order valence-electron chi connectivity index (χ1n) is 7.46. The van der Waals surface area contributed by atoms with Gasteiger partial charge in [-0.25, -0.2) is 0 Å². The van der Waals surface area contributed by atoms with E-state index in [-0.39, 0.29) is 0 Å². The Kier molecular flexibility index (Phi) is 3.31. The van der Waals surface area contributed by atoms with Gasteiger partial charge in [0, 0.05) is 29.7 Å². The van der Waals surface area contributed by atoms with Crippen molar-refractivity contribution in [2.75, 3.05) is 24.5 Å². The average Bonchev–Trinajstić information content (AvgIpc) is 3.14. The standard InChI is InChI=1S/C15H18ClN5/c16-12-5-3-10(4-6-12)14-18-15(20-19-14)21-8-11-2-1-7-17-13(11)9-21/h3-6,11,13,17H,1-2,7-9H2,(H,18,19,20). The van der Waals surface area contributed by atoms with Gasteiger partial charge in [0.1, 0.15) is 0 Å². The third-order valence-electron chi connectivity index (χ3n) is 4.47. The Morgan fingerprint density at radius 1 is 1.19 bits per heavy atom. The summed E-state index contributed by atoms with van der Waals surface area (Å²) in [6.07, 6.45) is 2.58. The van der Waals surface area contributed by atoms with Gasteiger partial charge >= 0.3 is 0 Å². The molecule has 5 nitrogen and oxygen atoms in total. The van der Waals surface area contributed by atoms with Crippen LogP contribution in [0.1, 0.15) is 12.8 Å². The Balaban J connectivity index is 1.53. The molecule has 2 atom stereocenters. The molecular formula is C15H18ClN5. The average molecular weight is 304 g/mol. The number of anilines is 1. The Labute approximate surface area is 128 Å². The minimum Gasteiger partial charge on any atom is -0.338 e. The van der Waals surface area contributed by atoms with E-state index in [0.717, 1.165) is 47.9 Å². The van der Waals surface area contributed by atoms with Crippen LogP contribution in [-0.4, -0.2) is 40.9 Å². The van der Waals surface area contributed by atoms with Crippen molar-refractivity contribution in [2.45, 2.75) is 18.9 Å². The van der Waals surface area contributed by atoms with Crippen LogP contribution in [0, 0.1) is 5.92 Å². The zero-order chi connectivity index (χ0) is 14.2. The van der Waals surface area contributed by atoms with E-state index in [1.165, 1.54) is 12.8 Å². The number of hydrogen-bond donors (Lipinski definition) is 2. The second-order valence-corrected chi connectivity index (χ2v) is 6.30. The minimum absolute atomic E-state index is 0.594. The lowest BCUT2D eigenvalue weighted by atomic mass is 9.94. The monoisotopic (exact) mass is 303 g/mol. The fourth-order valence-corrected chi connectivity index (χ4v) is 3.47. The van der Waals surface area contributed by atoms with E-state index in [1.807, 2.05) is 24.3 Å². The lowest BCUT2D eigenvalue weighted by Crippen LogP contribution is -2.40. The highest BCUT2D eigenvalue weighted by Gasteiger charge is 2.35. The number of aromatic nitrogens is 3. The molecule has 1 aromatic carbocycles. The van der Waals surface area contributed by atoms with Crippen molar-refractivity contribution in [3.05, 3.63) is 29.3 Å². The fourth-order valence-electron chi connectivity index (χ4n) is 3.34. The number of nitrogens with one attached hydrogen (secondary N) is 2. The highest BCUT2D eigenvalue weighted by atomic mass is 35.5. The third kappa shape index (κ3) is 2.51. The van der Waals surface area contributed by atoms with E-state index in [2.05, 4.69) is 25.4 Å². The van der Waals surface area contributed by atoms with Crippen molar-refractivity contribution in [1.29, 1.82) is 0 Å². The van der Waals surface area contributed by atoms with Crippen LogP contribution < -0.4 is 10.2 Å². The van der Waals surface area contributed by atoms with E-state index < -0.39 is 0 Å². The maximum Gasteiger partial charge on any atom is 0.245 e. The highest BCUT2D eigenvalue weighted by molar-refractivity contribution is 6.30. The molecule has 2 aliphatic rings. The lowest BCUT2D eigenvalue weighted by molar-refractivity contribution is 0.340. The first-order chi connectivity index (χ1) is 10.3. The van der Waals surface area contributed by atoms with Crippen LogP contribution in [0.2, 0.25) is 5.02 Å². The minimum atomic E-state index is 0.594. The van der Waals surface area contributed by atoms with Gasteiger partial charge in [-0.1, -0.05) is 11.6 Å². The van der Waals surface area contributed by atoms with Crippen LogP contribution in [0.3, 0.4) is 0 Å². The largest absolute Gasteiger partial charge is 0.338 e. The molecule has 0 saturated carbocycles. The first-order valence-corrected chi connectivity index (χ1v) is 7.84. The van der Waals surface area contributed by atoms with Gasteiger partial charge in [0.05, 0.1) is 0 Å². The predicted octanol–water partition coefficient (Wildman–Crippen LogP) is 2.31. The van der Waals surface area contributed by atoms with Crippen molar-refractivity contribution in [3.8, 4) is 11.4 Å². The number of benzene rings is 1. The van der Waals surface area contributed by atoms with Gasteiger partial charge in [-0.2, -0.15) is 4.98 Å². The number of H-pyrrole nitrogens is 1. The molecule has 0 radical (unpaired) electrons. The summed E-state index contributed by atoms with van der Waals surface area (Å²) in [6.45, 7) is 3.19. The molecule has 0 aliphatic carbocycles. The van der Waals surface area contributed by atoms with E-state index in [1.54, 1.807) is 0 Å². The fraction of sp³-hybridized carbons (Fsp3) is 0.467. The molecule has 2 fully saturated rings. The van der Waals surface area contributed by atoms with Gasteiger partial charge in [0.25, 0.3) is 0 Å². The van der Waals surface area contributed by atoms with Gasteiger partial charge in [-0.15, -0.1) is 5.10 Å². The molecule has 4 rings (SSSR count). The molecule has 0 spiro atoms. The maximum absolute atomic E-state index is 5.92. The molecule has 0 amide bonds. The van der Waals surface area contributed by atoms with Crippen LogP contribution in [0.25, 0.3) is 11.4 Å². The van der Waals surface area contributed by atoms with Gasteiger partial charge in [-0.3, -0.25) is 5.10 Å². The molecular weight excluding hydrogens is 286 g/mol. The van der Waals surface area contributed by atoms with Gasteiger partial charge < -0.3 is 10.2 Å². The summed E-state index contributed by atoms with van der Waals surface area (Å²) in [6, 6.07) is 8.24. The molecule has 6 heteroatoms. The quantitative estimate of drug-likeness (QED) is 0.894. The zero-order valence-electron chi connectivity index (χ0n) is 11.7. The molecule has 0 bridgehead atoms. The van der Waals surface area contributed by atoms with Crippen molar-refractivity contribution < 1.29 is 0 Å². The van der Waals surface area contributed by atoms with Gasteiger partial charge in [0.2, 0.25) is 5.95 Å². The molecule has 110 valence electrons. The molecule has 2 saturated heterocycles. The van der Waals surface area contributed by atoms with E-state index in [4.69, 9.17) is 11.6 Å². The predicted molar refractivity (Wildman–Crippen MR) is 83.6 cm³/mol. The number of nitrogens with zero attached hydrogens (tertiary/aromatic N) is 3. The van der Waals surface area contributed by atoms with Crippen molar-refractivity contribution in [1.82, 2.24) is 20.5 Å². The number of aromatic amines is 1. The summed E-state index contributed by atoms with van der Waals surface area (Å²) in [5.41, 5.74) is 1.01. The van der Waals surface area contributed by atoms with Crippen LogP contribution in [0.15, 0.2) is 24.3 Å². The molecule has 21 heavy (non-hydrogen) atoms. The number of piperidine rings is 1. The maximum atomic E-state index is 5.92. The first kappa shape index (κ1) is 13.1. The van der Waals surface area contributed by atoms with Crippen molar-refractivity contribution in [2.24, 2.45) is 5.92 Å². The number of halogens is 1. The zero-order valence-corrected chi connectivity index (χ0v) is 12.5. The second-order valence-electron chi connectivity index (χ2n) is 5.86.